The zero-order valence-corrected chi connectivity index (χ0v) is 23.6. The first kappa shape index (κ1) is 29.1. The maximum absolute atomic E-state index is 14.1. The summed E-state index contributed by atoms with van der Waals surface area (Å²) in [6, 6.07) is 10.3. The van der Waals surface area contributed by atoms with Crippen LogP contribution in [0.25, 0.3) is 33.3 Å². The highest BCUT2D eigenvalue weighted by Crippen LogP contribution is 2.49. The lowest BCUT2D eigenvalue weighted by atomic mass is 10.0. The second kappa shape index (κ2) is 12.5. The van der Waals surface area contributed by atoms with Crippen LogP contribution in [0.2, 0.25) is 0 Å². The van der Waals surface area contributed by atoms with Gasteiger partial charge in [0.2, 0.25) is 11.9 Å². The molecule has 0 fully saturated rings. The molecule has 10 nitrogen and oxygen atoms in total. The molecule has 210 valence electrons. The number of carbonyl (C=O) groups excluding carboxylic acids is 1. The van der Waals surface area contributed by atoms with Crippen molar-refractivity contribution in [1.29, 1.82) is 0 Å². The van der Waals surface area contributed by atoms with Crippen molar-refractivity contribution in [2.45, 2.75) is 20.6 Å². The molecule has 0 aliphatic heterocycles. The van der Waals surface area contributed by atoms with E-state index in [0.717, 1.165) is 11.1 Å². The number of amides is 1. The Labute approximate surface area is 231 Å². The van der Waals surface area contributed by atoms with Crippen molar-refractivity contribution in [3.8, 4) is 28.0 Å². The molecule has 4 rings (SSSR count). The minimum Gasteiger partial charge on any atom is -0.497 e. The summed E-state index contributed by atoms with van der Waals surface area (Å²) in [6.07, 6.45) is 5.99. The Morgan fingerprint density at radius 3 is 2.48 bits per heavy atom. The van der Waals surface area contributed by atoms with Gasteiger partial charge in [0.05, 0.1) is 20.3 Å². The summed E-state index contributed by atoms with van der Waals surface area (Å²) in [4.78, 5) is 22.0. The van der Waals surface area contributed by atoms with E-state index in [-0.39, 0.29) is 25.9 Å². The molecule has 12 heteroatoms. The van der Waals surface area contributed by atoms with Gasteiger partial charge in [-0.05, 0) is 55.3 Å². The van der Waals surface area contributed by atoms with Crippen molar-refractivity contribution in [1.82, 2.24) is 14.5 Å². The van der Waals surface area contributed by atoms with E-state index < -0.39 is 13.8 Å². The molecule has 0 aliphatic carbocycles. The maximum Gasteiger partial charge on any atom is 0.476 e. The fraction of sp³-hybridized carbons (Fsp3) is 0.250. The summed E-state index contributed by atoms with van der Waals surface area (Å²) >= 11 is 0. The van der Waals surface area contributed by atoms with E-state index in [0.29, 0.717) is 33.6 Å². The van der Waals surface area contributed by atoms with Crippen LogP contribution in [0.5, 0.6) is 5.75 Å². The molecular weight excluding hydrogens is 538 g/mol. The van der Waals surface area contributed by atoms with Crippen molar-refractivity contribution in [2.75, 3.05) is 32.3 Å². The molecule has 0 radical (unpaired) electrons. The van der Waals surface area contributed by atoms with E-state index in [1.165, 1.54) is 23.2 Å². The van der Waals surface area contributed by atoms with Crippen LogP contribution in [0.1, 0.15) is 13.8 Å². The third kappa shape index (κ3) is 6.29. The number of methoxy groups -OCH3 is 1. The molecule has 4 aromatic rings. The van der Waals surface area contributed by atoms with Gasteiger partial charge in [0.1, 0.15) is 18.1 Å². The van der Waals surface area contributed by atoms with Gasteiger partial charge < -0.3 is 14.2 Å². The monoisotopic (exact) mass is 568 g/mol. The fourth-order valence-corrected chi connectivity index (χ4v) is 5.24. The Morgan fingerprint density at radius 1 is 1.07 bits per heavy atom. The number of phosphoric ester groups is 1. The molecule has 0 aliphatic rings. The molecule has 1 amide bonds. The van der Waals surface area contributed by atoms with Gasteiger partial charge >= 0.3 is 7.82 Å². The van der Waals surface area contributed by atoms with Crippen molar-refractivity contribution in [3.63, 3.8) is 0 Å². The van der Waals surface area contributed by atoms with Crippen LogP contribution in [-0.4, -0.2) is 47.8 Å². The predicted molar refractivity (Wildman–Crippen MR) is 150 cm³/mol. The molecule has 3 aromatic heterocycles. The van der Waals surface area contributed by atoms with Gasteiger partial charge in [-0.2, -0.15) is 4.39 Å². The number of anilines is 1. The summed E-state index contributed by atoms with van der Waals surface area (Å²) < 4.78 is 50.2. The number of nitrogens with zero attached hydrogens (tertiary/aromatic N) is 4. The Balaban J connectivity index is 1.84. The van der Waals surface area contributed by atoms with Gasteiger partial charge in [0.15, 0.2) is 0 Å². The molecular formula is C28H30FN4O6P. The first-order valence-corrected chi connectivity index (χ1v) is 13.9. The number of phosphoric acid groups is 1. The number of halogens is 1. The molecule has 3 heterocycles. The van der Waals surface area contributed by atoms with E-state index in [1.807, 2.05) is 18.2 Å². The number of hydrogen-bond acceptors (Lipinski definition) is 8. The van der Waals surface area contributed by atoms with Crippen molar-refractivity contribution >= 4 is 30.5 Å². The predicted octanol–water partition coefficient (Wildman–Crippen LogP) is 6.22. The number of carbonyl (C=O) groups is 1. The number of likely N-dealkylation sites (N-methyl/N-ethyl adjacent to an activating group) is 1. The Morgan fingerprint density at radius 2 is 1.82 bits per heavy atom. The smallest absolute Gasteiger partial charge is 0.476 e. The number of hydrogen-bond donors (Lipinski definition) is 0. The molecule has 0 atom stereocenters. The molecule has 0 N–H and O–H groups in total. The quantitative estimate of drug-likeness (QED) is 0.113. The van der Waals surface area contributed by atoms with Crippen molar-refractivity contribution < 1.29 is 32.1 Å². The summed E-state index contributed by atoms with van der Waals surface area (Å²) in [5.74, 6) is -0.368. The van der Waals surface area contributed by atoms with Crippen LogP contribution in [0, 0.1) is 5.95 Å². The molecule has 0 saturated heterocycles. The first-order chi connectivity index (χ1) is 19.2. The van der Waals surface area contributed by atoms with Crippen molar-refractivity contribution in [3.05, 3.63) is 73.6 Å². The lowest BCUT2D eigenvalue weighted by Crippen LogP contribution is -2.23. The maximum atomic E-state index is 14.1. The molecule has 1 aromatic carbocycles. The number of benzene rings is 1. The zero-order chi connectivity index (χ0) is 28.9. The zero-order valence-electron chi connectivity index (χ0n) is 22.7. The average molecular weight is 569 g/mol. The minimum absolute atomic E-state index is 0.142. The second-order valence-electron chi connectivity index (χ2n) is 8.54. The van der Waals surface area contributed by atoms with E-state index in [4.69, 9.17) is 18.3 Å². The normalized spacial score (nSPS) is 11.5. The summed E-state index contributed by atoms with van der Waals surface area (Å²) in [5.41, 5.74) is 3.77. The lowest BCUT2D eigenvalue weighted by molar-refractivity contribution is -0.113. The third-order valence-corrected chi connectivity index (χ3v) is 7.61. The highest BCUT2D eigenvalue weighted by Gasteiger charge is 2.26. The topological polar surface area (TPSA) is 105 Å². The average Bonchev–Trinajstić information content (AvgIpc) is 3.33. The largest absolute Gasteiger partial charge is 0.497 e. The Kier molecular flexibility index (Phi) is 9.11. The van der Waals surface area contributed by atoms with Crippen LogP contribution in [-0.2, 0) is 29.7 Å². The highest BCUT2D eigenvalue weighted by atomic mass is 31.2. The Hall–Kier alpha value is -3.89. The summed E-state index contributed by atoms with van der Waals surface area (Å²) in [7, 11) is -0.614. The van der Waals surface area contributed by atoms with E-state index in [2.05, 4.69) is 16.5 Å². The van der Waals surface area contributed by atoms with Gasteiger partial charge in [0, 0.05) is 60.0 Å². The third-order valence-electron chi connectivity index (χ3n) is 6.03. The van der Waals surface area contributed by atoms with Gasteiger partial charge in [-0.15, -0.1) is 0 Å². The number of rotatable bonds is 12. The lowest BCUT2D eigenvalue weighted by Gasteiger charge is -2.18. The van der Waals surface area contributed by atoms with Gasteiger partial charge in [-0.25, -0.2) is 14.5 Å². The standard InChI is InChI=1S/C28H30FN4O6P/c1-6-27(34)32(4)22-11-20(12-23(15-22)36-5)21-13-24-25(19-9-10-30-26(29)14-19)17-33(28(24)31-16-21)18-39-40(35,37-7-2)38-8-3/h6,9-17H,1,7-8,18H2,2-5H3. The molecule has 0 unspecified atom stereocenters. The summed E-state index contributed by atoms with van der Waals surface area (Å²) in [5, 5.41) is 0.675. The summed E-state index contributed by atoms with van der Waals surface area (Å²) in [6.45, 7) is 7.03. The molecule has 0 bridgehead atoms. The molecule has 0 spiro atoms. The second-order valence-corrected chi connectivity index (χ2v) is 10.2. The van der Waals surface area contributed by atoms with Crippen molar-refractivity contribution in [2.24, 2.45) is 0 Å². The number of fused-ring (bicyclic) bond motifs is 1. The molecule has 40 heavy (non-hydrogen) atoms. The van der Waals surface area contributed by atoms with Crippen LogP contribution in [0.3, 0.4) is 0 Å². The number of aromatic nitrogens is 3. The Bertz CT molecular complexity index is 1580. The van der Waals surface area contributed by atoms with Gasteiger partial charge in [0.25, 0.3) is 0 Å². The van der Waals surface area contributed by atoms with Crippen LogP contribution in [0.4, 0.5) is 10.1 Å². The fourth-order valence-electron chi connectivity index (χ4n) is 4.11. The first-order valence-electron chi connectivity index (χ1n) is 12.5. The van der Waals surface area contributed by atoms with E-state index >= 15 is 0 Å². The van der Waals surface area contributed by atoms with Gasteiger partial charge in [-0.3, -0.25) is 18.4 Å². The number of ether oxygens (including phenoxy) is 1. The SMILES string of the molecule is C=CC(=O)N(C)c1cc(OC)cc(-c2cnc3c(c2)c(-c2ccnc(F)c2)cn3COP(=O)(OCC)OCC)c1. The van der Waals surface area contributed by atoms with Gasteiger partial charge in [-0.1, -0.05) is 6.58 Å². The van der Waals surface area contributed by atoms with Crippen LogP contribution < -0.4 is 9.64 Å². The van der Waals surface area contributed by atoms with E-state index in [1.54, 1.807) is 57.1 Å². The number of pyridine rings is 2. The highest BCUT2D eigenvalue weighted by molar-refractivity contribution is 7.48. The van der Waals surface area contributed by atoms with Crippen LogP contribution in [0.15, 0.2) is 67.6 Å². The minimum atomic E-state index is -3.80. The molecule has 0 saturated carbocycles. The van der Waals surface area contributed by atoms with Crippen LogP contribution >= 0.6 is 7.82 Å². The van der Waals surface area contributed by atoms with E-state index in [9.17, 15) is 13.8 Å².